The lowest BCUT2D eigenvalue weighted by molar-refractivity contribution is 0.102. The highest BCUT2D eigenvalue weighted by atomic mass is 16.1. The van der Waals surface area contributed by atoms with Gasteiger partial charge in [-0.15, -0.1) is 0 Å². The molecule has 1 fully saturated rings. The van der Waals surface area contributed by atoms with Crippen LogP contribution < -0.4 is 15.1 Å². The van der Waals surface area contributed by atoms with Gasteiger partial charge in [0.1, 0.15) is 5.69 Å². The van der Waals surface area contributed by atoms with E-state index in [-0.39, 0.29) is 5.91 Å². The molecule has 0 atom stereocenters. The number of carbonyl (C=O) groups excluding carboxylic acids is 1. The number of aromatic nitrogens is 1. The van der Waals surface area contributed by atoms with E-state index in [1.807, 2.05) is 55.4 Å². The van der Waals surface area contributed by atoms with Crippen molar-refractivity contribution in [1.29, 1.82) is 0 Å². The molecule has 0 radical (unpaired) electrons. The lowest BCUT2D eigenvalue weighted by atomic mass is 10.2. The number of amides is 1. The third-order valence-corrected chi connectivity index (χ3v) is 4.59. The zero-order valence-corrected chi connectivity index (χ0v) is 15.0. The Morgan fingerprint density at radius 2 is 1.72 bits per heavy atom. The molecule has 2 aromatic rings. The Kier molecular flexibility index (Phi) is 5.53. The van der Waals surface area contributed by atoms with E-state index >= 15 is 0 Å². The maximum Gasteiger partial charge on any atom is 0.274 e. The Balaban J connectivity index is 1.70. The largest absolute Gasteiger partial charge is 0.378 e. The van der Waals surface area contributed by atoms with Crippen molar-refractivity contribution < 1.29 is 4.79 Å². The monoisotopic (exact) mass is 338 g/mol. The molecule has 1 aliphatic heterocycles. The number of carbonyl (C=O) groups is 1. The molecular formula is C20H26N4O. The molecule has 1 N–H and O–H groups in total. The van der Waals surface area contributed by atoms with E-state index in [2.05, 4.69) is 15.2 Å². The van der Waals surface area contributed by atoms with Crippen molar-refractivity contribution in [2.75, 3.05) is 42.3 Å². The molecule has 1 aromatic heterocycles. The van der Waals surface area contributed by atoms with Crippen LogP contribution in [0.15, 0.2) is 42.6 Å². The van der Waals surface area contributed by atoms with Gasteiger partial charge >= 0.3 is 0 Å². The summed E-state index contributed by atoms with van der Waals surface area (Å²) in [4.78, 5) is 21.2. The van der Waals surface area contributed by atoms with Crippen LogP contribution in [0.5, 0.6) is 0 Å². The molecule has 5 nitrogen and oxygen atoms in total. The standard InChI is InChI=1S/C20H26N4O/c1-23(2)17-9-7-16(8-10-17)22-20(25)19-15-18(11-12-21-19)24-13-5-3-4-6-14-24/h7-12,15H,3-6,13-14H2,1-2H3,(H,22,25). The highest BCUT2D eigenvalue weighted by Crippen LogP contribution is 2.21. The number of hydrogen-bond acceptors (Lipinski definition) is 4. The number of hydrogen-bond donors (Lipinski definition) is 1. The average Bonchev–Trinajstić information content (AvgIpc) is 2.92. The van der Waals surface area contributed by atoms with Gasteiger partial charge in [0.25, 0.3) is 5.91 Å². The van der Waals surface area contributed by atoms with Crippen molar-refractivity contribution in [2.45, 2.75) is 25.7 Å². The Morgan fingerprint density at radius 1 is 1.04 bits per heavy atom. The van der Waals surface area contributed by atoms with Crippen LogP contribution >= 0.6 is 0 Å². The summed E-state index contributed by atoms with van der Waals surface area (Å²) in [5, 5.41) is 2.93. The summed E-state index contributed by atoms with van der Waals surface area (Å²) in [6.07, 6.45) is 6.73. The van der Waals surface area contributed by atoms with E-state index in [0.717, 1.165) is 30.2 Å². The van der Waals surface area contributed by atoms with Gasteiger partial charge in [-0.25, -0.2) is 0 Å². The van der Waals surface area contributed by atoms with E-state index in [4.69, 9.17) is 0 Å². The number of anilines is 3. The second kappa shape index (κ2) is 8.01. The van der Waals surface area contributed by atoms with E-state index in [0.29, 0.717) is 5.69 Å². The molecule has 3 rings (SSSR count). The third-order valence-electron chi connectivity index (χ3n) is 4.59. The highest BCUT2D eigenvalue weighted by molar-refractivity contribution is 6.03. The van der Waals surface area contributed by atoms with Crippen molar-refractivity contribution in [3.63, 3.8) is 0 Å². The molecule has 0 aliphatic carbocycles. The van der Waals surface area contributed by atoms with E-state index in [9.17, 15) is 4.79 Å². The van der Waals surface area contributed by atoms with Gasteiger partial charge in [-0.1, -0.05) is 12.8 Å². The summed E-state index contributed by atoms with van der Waals surface area (Å²) in [7, 11) is 3.98. The lowest BCUT2D eigenvalue weighted by Gasteiger charge is -2.22. The van der Waals surface area contributed by atoms with Crippen molar-refractivity contribution in [1.82, 2.24) is 4.98 Å². The quantitative estimate of drug-likeness (QED) is 0.922. The zero-order chi connectivity index (χ0) is 17.6. The van der Waals surface area contributed by atoms with Gasteiger partial charge < -0.3 is 15.1 Å². The summed E-state index contributed by atoms with van der Waals surface area (Å²) >= 11 is 0. The first-order valence-corrected chi connectivity index (χ1v) is 8.93. The molecule has 1 amide bonds. The first-order chi connectivity index (χ1) is 12.1. The molecule has 0 unspecified atom stereocenters. The van der Waals surface area contributed by atoms with Crippen molar-refractivity contribution in [2.24, 2.45) is 0 Å². The predicted octanol–water partition coefficient (Wildman–Crippen LogP) is 3.78. The molecular weight excluding hydrogens is 312 g/mol. The molecule has 5 heteroatoms. The Hall–Kier alpha value is -2.56. The minimum Gasteiger partial charge on any atom is -0.378 e. The van der Waals surface area contributed by atoms with Crippen LogP contribution in [0.4, 0.5) is 17.1 Å². The molecule has 0 bridgehead atoms. The Morgan fingerprint density at radius 3 is 2.36 bits per heavy atom. The Labute approximate surface area is 149 Å². The van der Waals surface area contributed by atoms with Gasteiger partial charge in [0, 0.05) is 50.4 Å². The first kappa shape index (κ1) is 17.3. The fourth-order valence-electron chi connectivity index (χ4n) is 3.11. The number of nitrogens with zero attached hydrogens (tertiary/aromatic N) is 3. The third kappa shape index (κ3) is 4.50. The molecule has 2 heterocycles. The SMILES string of the molecule is CN(C)c1ccc(NC(=O)c2cc(N3CCCCCC3)ccn2)cc1. The van der Waals surface area contributed by atoms with E-state index < -0.39 is 0 Å². The van der Waals surface area contributed by atoms with Crippen LogP contribution in [0.1, 0.15) is 36.2 Å². The van der Waals surface area contributed by atoms with Gasteiger partial charge in [-0.05, 0) is 49.2 Å². The van der Waals surface area contributed by atoms with Crippen molar-refractivity contribution in [3.05, 3.63) is 48.3 Å². The van der Waals surface area contributed by atoms with Crippen molar-refractivity contribution >= 4 is 23.0 Å². The number of nitrogens with one attached hydrogen (secondary N) is 1. The summed E-state index contributed by atoms with van der Waals surface area (Å²) in [5.74, 6) is -0.172. The Bertz CT molecular complexity index is 704. The van der Waals surface area contributed by atoms with Crippen LogP contribution in [0.25, 0.3) is 0 Å². The molecule has 0 saturated carbocycles. The fourth-order valence-corrected chi connectivity index (χ4v) is 3.11. The predicted molar refractivity (Wildman–Crippen MR) is 104 cm³/mol. The van der Waals surface area contributed by atoms with Gasteiger partial charge in [-0.2, -0.15) is 0 Å². The molecule has 132 valence electrons. The summed E-state index contributed by atoms with van der Waals surface area (Å²) in [6, 6.07) is 11.7. The van der Waals surface area contributed by atoms with Gasteiger partial charge in [0.15, 0.2) is 0 Å². The summed E-state index contributed by atoms with van der Waals surface area (Å²) < 4.78 is 0. The summed E-state index contributed by atoms with van der Waals surface area (Å²) in [6.45, 7) is 2.11. The maximum atomic E-state index is 12.5. The molecule has 1 aliphatic rings. The molecule has 1 aromatic carbocycles. The minimum atomic E-state index is -0.172. The highest BCUT2D eigenvalue weighted by Gasteiger charge is 2.13. The molecule has 25 heavy (non-hydrogen) atoms. The normalized spacial score (nSPS) is 14.7. The van der Waals surface area contributed by atoms with Crippen LogP contribution in [0.3, 0.4) is 0 Å². The van der Waals surface area contributed by atoms with Crippen molar-refractivity contribution in [3.8, 4) is 0 Å². The zero-order valence-electron chi connectivity index (χ0n) is 15.0. The second-order valence-corrected chi connectivity index (χ2v) is 6.70. The molecule has 1 saturated heterocycles. The second-order valence-electron chi connectivity index (χ2n) is 6.70. The minimum absolute atomic E-state index is 0.172. The van der Waals surface area contributed by atoms with Gasteiger partial charge in [0.05, 0.1) is 0 Å². The number of pyridine rings is 1. The van der Waals surface area contributed by atoms with E-state index in [1.54, 1.807) is 6.20 Å². The van der Waals surface area contributed by atoms with Gasteiger partial charge in [0.2, 0.25) is 0 Å². The van der Waals surface area contributed by atoms with Crippen LogP contribution in [-0.4, -0.2) is 38.1 Å². The number of benzene rings is 1. The number of rotatable bonds is 4. The summed E-state index contributed by atoms with van der Waals surface area (Å²) in [5.41, 5.74) is 3.42. The van der Waals surface area contributed by atoms with Crippen LogP contribution in [-0.2, 0) is 0 Å². The average molecular weight is 338 g/mol. The van der Waals surface area contributed by atoms with Gasteiger partial charge in [-0.3, -0.25) is 9.78 Å². The fraction of sp³-hybridized carbons (Fsp3) is 0.400. The molecule has 0 spiro atoms. The lowest BCUT2D eigenvalue weighted by Crippen LogP contribution is -2.24. The van der Waals surface area contributed by atoms with E-state index in [1.165, 1.54) is 25.7 Å². The first-order valence-electron chi connectivity index (χ1n) is 8.93. The topological polar surface area (TPSA) is 48.5 Å². The van der Waals surface area contributed by atoms with Crippen LogP contribution in [0, 0.1) is 0 Å². The van der Waals surface area contributed by atoms with Crippen LogP contribution in [0.2, 0.25) is 0 Å². The smallest absolute Gasteiger partial charge is 0.274 e. The maximum absolute atomic E-state index is 12.5.